The van der Waals surface area contributed by atoms with Gasteiger partial charge in [-0.25, -0.2) is 9.59 Å². The molecular formula is C36H58N8O4S2. The number of unbranched alkanes of at least 4 members (excludes halogenated alkanes) is 6. The van der Waals surface area contributed by atoms with Crippen molar-refractivity contribution in [1.29, 1.82) is 0 Å². The number of anilines is 2. The minimum absolute atomic E-state index is 0.0283. The molecule has 2 rings (SSSR count). The molecule has 6 N–H and O–H groups in total. The molecule has 0 aliphatic rings. The summed E-state index contributed by atoms with van der Waals surface area (Å²) in [5, 5.41) is 17.4. The van der Waals surface area contributed by atoms with Gasteiger partial charge in [-0.15, -0.1) is 0 Å². The Balaban J connectivity index is 1.31. The van der Waals surface area contributed by atoms with Crippen molar-refractivity contribution in [1.82, 2.24) is 31.9 Å². The van der Waals surface area contributed by atoms with Gasteiger partial charge in [-0.1, -0.05) is 71.5 Å². The number of hydrogen-bond donors (Lipinski definition) is 6. The van der Waals surface area contributed by atoms with Crippen LogP contribution in [-0.4, -0.2) is 89.8 Å². The third-order valence-electron chi connectivity index (χ3n) is 7.70. The van der Waals surface area contributed by atoms with Crippen molar-refractivity contribution in [3.05, 3.63) is 59.7 Å². The Bertz CT molecular complexity index is 1170. The number of rotatable bonds is 25. The van der Waals surface area contributed by atoms with Gasteiger partial charge in [-0.3, -0.25) is 9.59 Å². The molecule has 0 aromatic heterocycles. The van der Waals surface area contributed by atoms with E-state index in [1.807, 2.05) is 86.5 Å². The molecule has 278 valence electrons. The first-order valence-corrected chi connectivity index (χ1v) is 20.0. The van der Waals surface area contributed by atoms with Crippen LogP contribution in [0.3, 0.4) is 0 Å². The zero-order valence-corrected chi connectivity index (χ0v) is 31.9. The topological polar surface area (TPSA) is 147 Å². The third-order valence-corrected chi connectivity index (χ3v) is 9.83. The molecule has 14 heteroatoms. The number of carbonyl (C=O) groups is 4. The highest BCUT2D eigenvalue weighted by Gasteiger charge is 2.06. The van der Waals surface area contributed by atoms with Gasteiger partial charge in [0.25, 0.3) is 0 Å². The van der Waals surface area contributed by atoms with Gasteiger partial charge in [-0.05, 0) is 61.1 Å². The van der Waals surface area contributed by atoms with Gasteiger partial charge in [0, 0.05) is 78.8 Å². The summed E-state index contributed by atoms with van der Waals surface area (Å²) in [5.74, 6) is 0.568. The molecule has 0 heterocycles. The van der Waals surface area contributed by atoms with Crippen LogP contribution in [0.2, 0.25) is 0 Å². The van der Waals surface area contributed by atoms with E-state index in [9.17, 15) is 19.2 Å². The Labute approximate surface area is 306 Å². The van der Waals surface area contributed by atoms with Gasteiger partial charge >= 0.3 is 12.1 Å². The summed E-state index contributed by atoms with van der Waals surface area (Å²) >= 11 is 0. The maximum absolute atomic E-state index is 12.1. The first-order valence-electron chi connectivity index (χ1n) is 17.5. The van der Waals surface area contributed by atoms with E-state index in [4.69, 9.17) is 0 Å². The molecular weight excluding hydrogens is 673 g/mol. The van der Waals surface area contributed by atoms with Crippen LogP contribution in [0.5, 0.6) is 0 Å². The zero-order valence-electron chi connectivity index (χ0n) is 30.3. The normalized spacial score (nSPS) is 10.6. The first kappa shape index (κ1) is 42.4. The van der Waals surface area contributed by atoms with Crippen LogP contribution >= 0.6 is 21.6 Å². The van der Waals surface area contributed by atoms with Gasteiger partial charge in [-0.2, -0.15) is 0 Å². The standard InChI is InChI=1S/C36H58N8O4S2/c1-43(2)31-17-13-29(14-18-31)25-41-35(47)39-23-11-7-5-9-21-37-33(45)27-49-50-28-34(46)38-22-10-6-8-12-24-40-36(48)42-26-30-15-19-32(20-16-30)44(3)4/h13-20H,5-12,21-28H2,1-4H3,(H,37,45)(H,38,46)(H2,39,41,47)(H2,40,42,48). The Morgan fingerprint density at radius 2 is 0.780 bits per heavy atom. The fraction of sp³-hybridized carbons (Fsp3) is 0.556. The van der Waals surface area contributed by atoms with Crippen molar-refractivity contribution in [3.8, 4) is 0 Å². The molecule has 50 heavy (non-hydrogen) atoms. The maximum Gasteiger partial charge on any atom is 0.315 e. The average Bonchev–Trinajstić information content (AvgIpc) is 3.10. The van der Waals surface area contributed by atoms with Crippen LogP contribution in [-0.2, 0) is 22.7 Å². The van der Waals surface area contributed by atoms with Gasteiger partial charge in [0.2, 0.25) is 11.8 Å². The summed E-state index contributed by atoms with van der Waals surface area (Å²) in [6.45, 7) is 3.46. The second kappa shape index (κ2) is 26.1. The monoisotopic (exact) mass is 730 g/mol. The predicted octanol–water partition coefficient (Wildman–Crippen LogP) is 4.85. The molecule has 0 fully saturated rings. The van der Waals surface area contributed by atoms with Crippen molar-refractivity contribution in [2.75, 3.05) is 75.7 Å². The van der Waals surface area contributed by atoms with E-state index in [2.05, 4.69) is 31.9 Å². The summed E-state index contributed by atoms with van der Waals surface area (Å²) in [6.07, 6.45) is 7.47. The molecule has 0 saturated heterocycles. The summed E-state index contributed by atoms with van der Waals surface area (Å²) < 4.78 is 0. The Morgan fingerprint density at radius 1 is 0.460 bits per heavy atom. The number of urea groups is 2. The van der Waals surface area contributed by atoms with E-state index >= 15 is 0 Å². The van der Waals surface area contributed by atoms with Crippen molar-refractivity contribution >= 4 is 56.8 Å². The predicted molar refractivity (Wildman–Crippen MR) is 210 cm³/mol. The fourth-order valence-electron chi connectivity index (χ4n) is 4.67. The van der Waals surface area contributed by atoms with Crippen molar-refractivity contribution in [3.63, 3.8) is 0 Å². The number of nitrogens with one attached hydrogen (secondary N) is 6. The fourth-order valence-corrected chi connectivity index (χ4v) is 6.40. The zero-order chi connectivity index (χ0) is 36.4. The van der Waals surface area contributed by atoms with Crippen LogP contribution in [0.15, 0.2) is 48.5 Å². The highest BCUT2D eigenvalue weighted by Crippen LogP contribution is 2.20. The summed E-state index contributed by atoms with van der Waals surface area (Å²) in [5.41, 5.74) is 4.35. The lowest BCUT2D eigenvalue weighted by molar-refractivity contribution is -0.119. The molecule has 0 atom stereocenters. The second-order valence-electron chi connectivity index (χ2n) is 12.4. The Hall–Kier alpha value is -3.78. The summed E-state index contributed by atoms with van der Waals surface area (Å²) in [6, 6.07) is 15.8. The number of nitrogens with zero attached hydrogens (tertiary/aromatic N) is 2. The molecule has 0 bridgehead atoms. The largest absolute Gasteiger partial charge is 0.378 e. The quantitative estimate of drug-likeness (QED) is 0.0628. The van der Waals surface area contributed by atoms with Crippen LogP contribution < -0.4 is 41.7 Å². The molecule has 12 nitrogen and oxygen atoms in total. The average molecular weight is 731 g/mol. The molecule has 0 aliphatic heterocycles. The summed E-state index contributed by atoms with van der Waals surface area (Å²) in [4.78, 5) is 52.2. The smallest absolute Gasteiger partial charge is 0.315 e. The van der Waals surface area contributed by atoms with Crippen LogP contribution in [0.1, 0.15) is 62.5 Å². The molecule has 2 aromatic carbocycles. The number of benzene rings is 2. The SMILES string of the molecule is CN(C)c1ccc(CNC(=O)NCCCCCCNC(=O)CSSCC(=O)NCCCCCCNC(=O)NCc2ccc(N(C)C)cc2)cc1. The van der Waals surface area contributed by atoms with E-state index in [0.29, 0.717) is 50.8 Å². The first-order chi connectivity index (χ1) is 24.1. The number of amides is 6. The van der Waals surface area contributed by atoms with Crippen molar-refractivity contribution < 1.29 is 19.2 Å². The lowest BCUT2D eigenvalue weighted by Gasteiger charge is -2.13. The second-order valence-corrected chi connectivity index (χ2v) is 14.9. The van der Waals surface area contributed by atoms with Gasteiger partial charge in [0.05, 0.1) is 11.5 Å². The molecule has 0 saturated carbocycles. The van der Waals surface area contributed by atoms with E-state index in [1.54, 1.807) is 0 Å². The van der Waals surface area contributed by atoms with Crippen molar-refractivity contribution in [2.24, 2.45) is 0 Å². The maximum atomic E-state index is 12.1. The van der Waals surface area contributed by atoms with Gasteiger partial charge in [0.1, 0.15) is 0 Å². The molecule has 2 aromatic rings. The van der Waals surface area contributed by atoms with E-state index in [-0.39, 0.29) is 23.9 Å². The molecule has 0 unspecified atom stereocenters. The Morgan fingerprint density at radius 3 is 1.10 bits per heavy atom. The van der Waals surface area contributed by atoms with Crippen molar-refractivity contribution in [2.45, 2.75) is 64.5 Å². The third kappa shape index (κ3) is 20.7. The van der Waals surface area contributed by atoms with Crippen LogP contribution in [0.25, 0.3) is 0 Å². The molecule has 6 amide bonds. The molecule has 0 aliphatic carbocycles. The molecule has 0 radical (unpaired) electrons. The lowest BCUT2D eigenvalue weighted by atomic mass is 10.2. The van der Waals surface area contributed by atoms with E-state index < -0.39 is 0 Å². The number of carbonyl (C=O) groups excluding carboxylic acids is 4. The van der Waals surface area contributed by atoms with E-state index in [0.717, 1.165) is 73.9 Å². The Kier molecular flexibility index (Phi) is 22.1. The van der Waals surface area contributed by atoms with E-state index in [1.165, 1.54) is 21.6 Å². The lowest BCUT2D eigenvalue weighted by Crippen LogP contribution is -2.35. The highest BCUT2D eigenvalue weighted by atomic mass is 33.1. The van der Waals surface area contributed by atoms with Gasteiger partial charge < -0.3 is 41.7 Å². The minimum atomic E-state index is -0.167. The highest BCUT2D eigenvalue weighted by molar-refractivity contribution is 8.77. The minimum Gasteiger partial charge on any atom is -0.378 e. The van der Waals surface area contributed by atoms with Crippen LogP contribution in [0.4, 0.5) is 21.0 Å². The van der Waals surface area contributed by atoms with Gasteiger partial charge in [0.15, 0.2) is 0 Å². The summed E-state index contributed by atoms with van der Waals surface area (Å²) in [7, 11) is 10.7. The van der Waals surface area contributed by atoms with Crippen LogP contribution in [0, 0.1) is 0 Å². The number of hydrogen-bond acceptors (Lipinski definition) is 8. The molecule has 0 spiro atoms.